The molecule has 0 saturated carbocycles. The van der Waals surface area contributed by atoms with Crippen molar-refractivity contribution in [1.29, 1.82) is 0 Å². The van der Waals surface area contributed by atoms with E-state index < -0.39 is 11.9 Å². The van der Waals surface area contributed by atoms with Crippen LogP contribution < -0.4 is 14.2 Å². The van der Waals surface area contributed by atoms with Crippen LogP contribution in [0.25, 0.3) is 10.9 Å². The van der Waals surface area contributed by atoms with Crippen LogP contribution in [0.15, 0.2) is 36.4 Å². The van der Waals surface area contributed by atoms with Gasteiger partial charge in [-0.3, -0.25) is 0 Å². The largest absolute Gasteiger partial charge is 0.459 e. The van der Waals surface area contributed by atoms with E-state index in [0.717, 1.165) is 5.52 Å². The highest BCUT2D eigenvalue weighted by molar-refractivity contribution is 6.06. The molecular formula is C21H19NO6. The Morgan fingerprint density at radius 3 is 2.61 bits per heavy atom. The van der Waals surface area contributed by atoms with Gasteiger partial charge in [-0.05, 0) is 57.2 Å². The average Bonchev–Trinajstić information content (AvgIpc) is 3.23. The molecular weight excluding hydrogens is 362 g/mol. The van der Waals surface area contributed by atoms with Gasteiger partial charge in [-0.25, -0.2) is 9.59 Å². The van der Waals surface area contributed by atoms with Crippen LogP contribution in [0.3, 0.4) is 0 Å². The van der Waals surface area contributed by atoms with E-state index in [1.54, 1.807) is 57.2 Å². The standard InChI is InChI=1S/C21H19NO6/c1-11(2)27-21(24)19-12(3)22-16-6-5-14(9-15(16)19)28-20(23)13-4-7-17-18(8-13)26-10-25-17/h4-9,11,22H,10H2,1-3H3. The van der Waals surface area contributed by atoms with Crippen LogP contribution in [0.1, 0.15) is 40.3 Å². The van der Waals surface area contributed by atoms with Gasteiger partial charge in [0.2, 0.25) is 6.79 Å². The summed E-state index contributed by atoms with van der Waals surface area (Å²) >= 11 is 0. The van der Waals surface area contributed by atoms with Crippen molar-refractivity contribution in [2.75, 3.05) is 6.79 Å². The number of aromatic nitrogens is 1. The summed E-state index contributed by atoms with van der Waals surface area (Å²) < 4.78 is 21.3. The molecule has 2 heterocycles. The molecule has 0 spiro atoms. The molecule has 0 unspecified atom stereocenters. The molecule has 0 aliphatic carbocycles. The molecule has 0 radical (unpaired) electrons. The van der Waals surface area contributed by atoms with Crippen molar-refractivity contribution in [3.05, 3.63) is 53.2 Å². The van der Waals surface area contributed by atoms with Gasteiger partial charge >= 0.3 is 11.9 Å². The van der Waals surface area contributed by atoms with Crippen molar-refractivity contribution in [3.8, 4) is 17.2 Å². The second-order valence-corrected chi connectivity index (χ2v) is 6.74. The minimum Gasteiger partial charge on any atom is -0.459 e. The lowest BCUT2D eigenvalue weighted by molar-refractivity contribution is 0.0379. The third-order valence-electron chi connectivity index (χ3n) is 4.32. The first-order chi connectivity index (χ1) is 13.4. The van der Waals surface area contributed by atoms with Crippen molar-refractivity contribution >= 4 is 22.8 Å². The predicted octanol–water partition coefficient (Wildman–Crippen LogP) is 3.99. The molecule has 144 valence electrons. The van der Waals surface area contributed by atoms with Gasteiger partial charge in [-0.1, -0.05) is 0 Å². The maximum absolute atomic E-state index is 12.5. The molecule has 28 heavy (non-hydrogen) atoms. The third-order valence-corrected chi connectivity index (χ3v) is 4.32. The Labute approximate surface area is 161 Å². The molecule has 1 N–H and O–H groups in total. The summed E-state index contributed by atoms with van der Waals surface area (Å²) in [5, 5.41) is 0.638. The van der Waals surface area contributed by atoms with E-state index in [-0.39, 0.29) is 12.9 Å². The van der Waals surface area contributed by atoms with Crippen LogP contribution in [0.2, 0.25) is 0 Å². The third kappa shape index (κ3) is 3.26. The lowest BCUT2D eigenvalue weighted by Crippen LogP contribution is -2.12. The predicted molar refractivity (Wildman–Crippen MR) is 101 cm³/mol. The monoisotopic (exact) mass is 381 g/mol. The average molecular weight is 381 g/mol. The van der Waals surface area contributed by atoms with Crippen LogP contribution >= 0.6 is 0 Å². The lowest BCUT2D eigenvalue weighted by Gasteiger charge is -2.08. The fraction of sp³-hybridized carbons (Fsp3) is 0.238. The fourth-order valence-corrected chi connectivity index (χ4v) is 3.09. The number of fused-ring (bicyclic) bond motifs is 2. The maximum atomic E-state index is 12.5. The van der Waals surface area contributed by atoms with Gasteiger partial charge in [0.15, 0.2) is 11.5 Å². The first kappa shape index (κ1) is 17.9. The summed E-state index contributed by atoms with van der Waals surface area (Å²) in [5.41, 5.74) is 2.23. The van der Waals surface area contributed by atoms with Crippen molar-refractivity contribution in [2.24, 2.45) is 0 Å². The smallest absolute Gasteiger partial charge is 0.343 e. The van der Waals surface area contributed by atoms with Crippen LogP contribution in [-0.4, -0.2) is 29.8 Å². The van der Waals surface area contributed by atoms with Gasteiger partial charge in [0.1, 0.15) is 5.75 Å². The number of H-pyrrole nitrogens is 1. The molecule has 2 aromatic carbocycles. The number of hydrogen-bond donors (Lipinski definition) is 1. The first-order valence-corrected chi connectivity index (χ1v) is 8.87. The second kappa shape index (κ2) is 6.92. The van der Waals surface area contributed by atoms with Crippen LogP contribution in [0.4, 0.5) is 0 Å². The highest BCUT2D eigenvalue weighted by Crippen LogP contribution is 2.33. The number of esters is 2. The van der Waals surface area contributed by atoms with Crippen LogP contribution in [0.5, 0.6) is 17.2 Å². The summed E-state index contributed by atoms with van der Waals surface area (Å²) in [6.45, 7) is 5.52. The zero-order chi connectivity index (χ0) is 19.8. The molecule has 0 bridgehead atoms. The number of carbonyl (C=O) groups excluding carboxylic acids is 2. The molecule has 7 nitrogen and oxygen atoms in total. The minimum atomic E-state index is -0.531. The Morgan fingerprint density at radius 1 is 1.04 bits per heavy atom. The highest BCUT2D eigenvalue weighted by Gasteiger charge is 2.21. The Balaban J connectivity index is 1.62. The zero-order valence-electron chi connectivity index (χ0n) is 15.7. The fourth-order valence-electron chi connectivity index (χ4n) is 3.09. The van der Waals surface area contributed by atoms with E-state index in [2.05, 4.69) is 4.98 Å². The Hall–Kier alpha value is -3.48. The van der Waals surface area contributed by atoms with E-state index in [9.17, 15) is 9.59 Å². The Bertz CT molecular complexity index is 1080. The lowest BCUT2D eigenvalue weighted by atomic mass is 10.1. The molecule has 7 heteroatoms. The molecule has 0 atom stereocenters. The number of carbonyl (C=O) groups is 2. The van der Waals surface area contributed by atoms with E-state index in [0.29, 0.717) is 39.5 Å². The van der Waals surface area contributed by atoms with E-state index in [4.69, 9.17) is 18.9 Å². The van der Waals surface area contributed by atoms with Gasteiger partial charge < -0.3 is 23.9 Å². The SMILES string of the molecule is Cc1[nH]c2ccc(OC(=O)c3ccc4c(c3)OCO4)cc2c1C(=O)OC(C)C. The van der Waals surface area contributed by atoms with Crippen molar-refractivity contribution < 1.29 is 28.5 Å². The van der Waals surface area contributed by atoms with E-state index in [1.807, 2.05) is 0 Å². The Kier molecular flexibility index (Phi) is 4.43. The van der Waals surface area contributed by atoms with Gasteiger partial charge in [-0.2, -0.15) is 0 Å². The van der Waals surface area contributed by atoms with Crippen LogP contribution in [0, 0.1) is 6.92 Å². The number of benzene rings is 2. The summed E-state index contributed by atoms with van der Waals surface area (Å²) in [6.07, 6.45) is -0.233. The number of hydrogen-bond acceptors (Lipinski definition) is 6. The molecule has 0 amide bonds. The summed E-state index contributed by atoms with van der Waals surface area (Å²) in [5.74, 6) is 0.473. The minimum absolute atomic E-state index is 0.132. The molecule has 3 aromatic rings. The summed E-state index contributed by atoms with van der Waals surface area (Å²) in [6, 6.07) is 9.94. The van der Waals surface area contributed by atoms with Gasteiger partial charge in [0, 0.05) is 16.6 Å². The number of nitrogens with one attached hydrogen (secondary N) is 1. The summed E-state index contributed by atoms with van der Waals surface area (Å²) in [4.78, 5) is 28.1. The van der Waals surface area contributed by atoms with Crippen molar-refractivity contribution in [3.63, 3.8) is 0 Å². The molecule has 0 fully saturated rings. The van der Waals surface area contributed by atoms with Gasteiger partial charge in [0.25, 0.3) is 0 Å². The maximum Gasteiger partial charge on any atom is 0.343 e. The normalized spacial score (nSPS) is 12.4. The van der Waals surface area contributed by atoms with E-state index in [1.165, 1.54) is 0 Å². The number of aromatic amines is 1. The molecule has 1 aromatic heterocycles. The first-order valence-electron chi connectivity index (χ1n) is 8.87. The second-order valence-electron chi connectivity index (χ2n) is 6.74. The molecule has 1 aliphatic rings. The Morgan fingerprint density at radius 2 is 1.82 bits per heavy atom. The highest BCUT2D eigenvalue weighted by atomic mass is 16.7. The van der Waals surface area contributed by atoms with Crippen molar-refractivity contribution in [1.82, 2.24) is 4.98 Å². The number of rotatable bonds is 4. The summed E-state index contributed by atoms with van der Waals surface area (Å²) in [7, 11) is 0. The zero-order valence-corrected chi connectivity index (χ0v) is 15.7. The quantitative estimate of drug-likeness (QED) is 0.543. The van der Waals surface area contributed by atoms with Crippen molar-refractivity contribution in [2.45, 2.75) is 26.9 Å². The number of aryl methyl sites for hydroxylation is 1. The van der Waals surface area contributed by atoms with Gasteiger partial charge in [-0.15, -0.1) is 0 Å². The molecule has 1 aliphatic heterocycles. The molecule has 0 saturated heterocycles. The van der Waals surface area contributed by atoms with E-state index >= 15 is 0 Å². The van der Waals surface area contributed by atoms with Crippen LogP contribution in [-0.2, 0) is 4.74 Å². The van der Waals surface area contributed by atoms with Gasteiger partial charge in [0.05, 0.1) is 17.2 Å². The molecule has 4 rings (SSSR count). The topological polar surface area (TPSA) is 86.9 Å². The number of ether oxygens (including phenoxy) is 4.